The lowest BCUT2D eigenvalue weighted by atomic mass is 9.89. The molecule has 2 saturated heterocycles. The number of nitrogens with one attached hydrogen (secondary N) is 1. The molecule has 94 valence electrons. The summed E-state index contributed by atoms with van der Waals surface area (Å²) >= 11 is 0. The van der Waals surface area contributed by atoms with Gasteiger partial charge in [0.1, 0.15) is 0 Å². The highest BCUT2D eigenvalue weighted by Crippen LogP contribution is 2.32. The highest BCUT2D eigenvalue weighted by Gasteiger charge is 2.41. The van der Waals surface area contributed by atoms with E-state index in [4.69, 9.17) is 0 Å². The lowest BCUT2D eigenvalue weighted by Crippen LogP contribution is -2.55. The van der Waals surface area contributed by atoms with Crippen LogP contribution in [0.2, 0.25) is 0 Å². The van der Waals surface area contributed by atoms with Gasteiger partial charge in [-0.05, 0) is 58.7 Å². The van der Waals surface area contributed by atoms with E-state index in [9.17, 15) is 5.11 Å². The van der Waals surface area contributed by atoms with E-state index in [-0.39, 0.29) is 0 Å². The molecule has 0 bridgehead atoms. The van der Waals surface area contributed by atoms with Crippen LogP contribution in [0.1, 0.15) is 40.0 Å². The number of piperidine rings is 1. The lowest BCUT2D eigenvalue weighted by Gasteiger charge is -2.43. The SMILES string of the molecule is C[C@@H]1CNCC[C@@H]1N1CCC[C@H]1C(C)(C)O. The van der Waals surface area contributed by atoms with Crippen molar-refractivity contribution in [1.29, 1.82) is 0 Å². The van der Waals surface area contributed by atoms with E-state index in [2.05, 4.69) is 17.1 Å². The van der Waals surface area contributed by atoms with E-state index in [0.717, 1.165) is 19.5 Å². The summed E-state index contributed by atoms with van der Waals surface area (Å²) in [6, 6.07) is 1.03. The van der Waals surface area contributed by atoms with Gasteiger partial charge in [-0.2, -0.15) is 0 Å². The van der Waals surface area contributed by atoms with Gasteiger partial charge in [-0.25, -0.2) is 0 Å². The Balaban J connectivity index is 2.07. The maximum Gasteiger partial charge on any atom is 0.0746 e. The van der Waals surface area contributed by atoms with Gasteiger partial charge in [-0.1, -0.05) is 6.92 Å². The third kappa shape index (κ3) is 2.41. The minimum absolute atomic E-state index is 0.359. The summed E-state index contributed by atoms with van der Waals surface area (Å²) in [6.45, 7) is 9.67. The molecule has 3 heteroatoms. The highest BCUT2D eigenvalue weighted by atomic mass is 16.3. The van der Waals surface area contributed by atoms with Crippen molar-refractivity contribution < 1.29 is 5.11 Å². The molecule has 0 amide bonds. The minimum Gasteiger partial charge on any atom is -0.389 e. The second kappa shape index (κ2) is 4.63. The van der Waals surface area contributed by atoms with Gasteiger partial charge in [0.15, 0.2) is 0 Å². The molecule has 2 N–H and O–H groups in total. The van der Waals surface area contributed by atoms with Crippen LogP contribution in [0.5, 0.6) is 0 Å². The summed E-state index contributed by atoms with van der Waals surface area (Å²) in [6.07, 6.45) is 3.62. The summed E-state index contributed by atoms with van der Waals surface area (Å²) in [7, 11) is 0. The zero-order valence-electron chi connectivity index (χ0n) is 10.9. The Morgan fingerprint density at radius 3 is 2.69 bits per heavy atom. The fourth-order valence-corrected chi connectivity index (χ4v) is 3.44. The van der Waals surface area contributed by atoms with Crippen molar-refractivity contribution in [3.63, 3.8) is 0 Å². The Labute approximate surface area is 99.2 Å². The molecule has 0 saturated carbocycles. The number of rotatable bonds is 2. The molecule has 0 spiro atoms. The molecule has 2 aliphatic heterocycles. The van der Waals surface area contributed by atoms with Crippen LogP contribution in [0.15, 0.2) is 0 Å². The van der Waals surface area contributed by atoms with Crippen molar-refractivity contribution in [3.8, 4) is 0 Å². The Kier molecular flexibility index (Phi) is 3.57. The number of hydrogen-bond acceptors (Lipinski definition) is 3. The van der Waals surface area contributed by atoms with Gasteiger partial charge in [0.05, 0.1) is 5.60 Å². The van der Waals surface area contributed by atoms with E-state index in [0.29, 0.717) is 18.0 Å². The van der Waals surface area contributed by atoms with Crippen molar-refractivity contribution in [2.24, 2.45) is 5.92 Å². The zero-order chi connectivity index (χ0) is 11.8. The third-order valence-electron chi connectivity index (χ3n) is 4.28. The maximum absolute atomic E-state index is 10.2. The van der Waals surface area contributed by atoms with Crippen molar-refractivity contribution in [3.05, 3.63) is 0 Å². The largest absolute Gasteiger partial charge is 0.389 e. The highest BCUT2D eigenvalue weighted by molar-refractivity contribution is 4.96. The fraction of sp³-hybridized carbons (Fsp3) is 1.00. The predicted octanol–water partition coefficient (Wildman–Crippen LogP) is 1.22. The van der Waals surface area contributed by atoms with Crippen molar-refractivity contribution >= 4 is 0 Å². The molecule has 2 rings (SSSR count). The molecule has 0 aromatic carbocycles. The predicted molar refractivity (Wildman–Crippen MR) is 66.5 cm³/mol. The van der Waals surface area contributed by atoms with Crippen LogP contribution in [0.3, 0.4) is 0 Å². The first kappa shape index (κ1) is 12.3. The second-order valence-corrected chi connectivity index (χ2v) is 6.09. The molecule has 2 fully saturated rings. The topological polar surface area (TPSA) is 35.5 Å². The van der Waals surface area contributed by atoms with Crippen LogP contribution < -0.4 is 5.32 Å². The van der Waals surface area contributed by atoms with Crippen LogP contribution in [-0.2, 0) is 0 Å². The monoisotopic (exact) mass is 226 g/mol. The minimum atomic E-state index is -0.554. The second-order valence-electron chi connectivity index (χ2n) is 6.09. The molecular formula is C13H26N2O. The van der Waals surface area contributed by atoms with E-state index in [1.807, 2.05) is 13.8 Å². The summed E-state index contributed by atoms with van der Waals surface area (Å²) in [5.74, 6) is 0.705. The molecule has 0 aromatic rings. The molecule has 0 unspecified atom stereocenters. The van der Waals surface area contributed by atoms with Gasteiger partial charge in [0, 0.05) is 12.1 Å². The Morgan fingerprint density at radius 1 is 1.31 bits per heavy atom. The van der Waals surface area contributed by atoms with E-state index in [1.54, 1.807) is 0 Å². The summed E-state index contributed by atoms with van der Waals surface area (Å²) < 4.78 is 0. The van der Waals surface area contributed by atoms with Gasteiger partial charge in [0.2, 0.25) is 0 Å². The number of aliphatic hydroxyl groups is 1. The molecular weight excluding hydrogens is 200 g/mol. The number of likely N-dealkylation sites (tertiary alicyclic amines) is 1. The first-order chi connectivity index (χ1) is 7.50. The third-order valence-corrected chi connectivity index (χ3v) is 4.28. The Morgan fingerprint density at radius 2 is 2.06 bits per heavy atom. The maximum atomic E-state index is 10.2. The average Bonchev–Trinajstić information content (AvgIpc) is 2.66. The lowest BCUT2D eigenvalue weighted by molar-refractivity contribution is -0.0298. The van der Waals surface area contributed by atoms with E-state index < -0.39 is 5.60 Å². The summed E-state index contributed by atoms with van der Waals surface area (Å²) in [5.41, 5.74) is -0.554. The first-order valence-corrected chi connectivity index (χ1v) is 6.69. The van der Waals surface area contributed by atoms with Crippen LogP contribution >= 0.6 is 0 Å². The van der Waals surface area contributed by atoms with Gasteiger partial charge < -0.3 is 10.4 Å². The molecule has 3 atom stereocenters. The van der Waals surface area contributed by atoms with Crippen molar-refractivity contribution in [2.75, 3.05) is 19.6 Å². The molecule has 0 radical (unpaired) electrons. The quantitative estimate of drug-likeness (QED) is 0.743. The number of nitrogens with zero attached hydrogens (tertiary/aromatic N) is 1. The van der Waals surface area contributed by atoms with Crippen LogP contribution in [0.4, 0.5) is 0 Å². The summed E-state index contributed by atoms with van der Waals surface area (Å²) in [4.78, 5) is 2.57. The molecule has 2 heterocycles. The van der Waals surface area contributed by atoms with Gasteiger partial charge >= 0.3 is 0 Å². The normalized spacial score (nSPS) is 37.9. The van der Waals surface area contributed by atoms with E-state index >= 15 is 0 Å². The Hall–Kier alpha value is -0.120. The van der Waals surface area contributed by atoms with Crippen molar-refractivity contribution in [2.45, 2.75) is 57.7 Å². The number of hydrogen-bond donors (Lipinski definition) is 2. The zero-order valence-corrected chi connectivity index (χ0v) is 10.9. The Bertz CT molecular complexity index is 237. The molecule has 2 aliphatic rings. The van der Waals surface area contributed by atoms with Crippen molar-refractivity contribution in [1.82, 2.24) is 10.2 Å². The summed E-state index contributed by atoms with van der Waals surface area (Å²) in [5, 5.41) is 13.7. The average molecular weight is 226 g/mol. The molecule has 0 aliphatic carbocycles. The fourth-order valence-electron chi connectivity index (χ4n) is 3.44. The van der Waals surface area contributed by atoms with Crippen LogP contribution in [0, 0.1) is 5.92 Å². The van der Waals surface area contributed by atoms with Gasteiger partial charge in [-0.3, -0.25) is 4.90 Å². The molecule has 0 aromatic heterocycles. The molecule has 3 nitrogen and oxygen atoms in total. The van der Waals surface area contributed by atoms with Crippen LogP contribution in [0.25, 0.3) is 0 Å². The van der Waals surface area contributed by atoms with Gasteiger partial charge in [0.25, 0.3) is 0 Å². The molecule has 16 heavy (non-hydrogen) atoms. The van der Waals surface area contributed by atoms with Crippen LogP contribution in [-0.4, -0.2) is 47.3 Å². The smallest absolute Gasteiger partial charge is 0.0746 e. The standard InChI is InChI=1S/C13H26N2O/c1-10-9-14-7-6-11(10)15-8-4-5-12(15)13(2,3)16/h10-12,14,16H,4-9H2,1-3H3/t10-,11+,12+/m1/s1. The first-order valence-electron chi connectivity index (χ1n) is 6.69. The van der Waals surface area contributed by atoms with Gasteiger partial charge in [-0.15, -0.1) is 0 Å². The van der Waals surface area contributed by atoms with E-state index in [1.165, 1.54) is 19.4 Å².